The van der Waals surface area contributed by atoms with Crippen LogP contribution in [-0.4, -0.2) is 56.1 Å². The number of nitrogens with zero attached hydrogens (tertiary/aromatic N) is 4. The van der Waals surface area contributed by atoms with E-state index in [1.807, 2.05) is 35.4 Å². The molecule has 1 aliphatic heterocycles. The van der Waals surface area contributed by atoms with E-state index in [0.717, 1.165) is 36.7 Å². The number of aromatic nitrogens is 3. The summed E-state index contributed by atoms with van der Waals surface area (Å²) in [6.07, 6.45) is 5.68. The third-order valence-corrected chi connectivity index (χ3v) is 5.09. The lowest BCUT2D eigenvalue weighted by Crippen LogP contribution is -2.40. The fourth-order valence-corrected chi connectivity index (χ4v) is 3.69. The first-order valence-electron chi connectivity index (χ1n) is 8.22. The van der Waals surface area contributed by atoms with Gasteiger partial charge in [0.05, 0.1) is 29.6 Å². The Morgan fingerprint density at radius 3 is 3.08 bits per heavy atom. The fourth-order valence-electron chi connectivity index (χ4n) is 2.93. The van der Waals surface area contributed by atoms with E-state index in [1.54, 1.807) is 10.9 Å². The van der Waals surface area contributed by atoms with E-state index < -0.39 is 0 Å². The van der Waals surface area contributed by atoms with Crippen molar-refractivity contribution in [2.24, 2.45) is 0 Å². The summed E-state index contributed by atoms with van der Waals surface area (Å²) < 4.78 is 1.76. The van der Waals surface area contributed by atoms with Gasteiger partial charge in [-0.1, -0.05) is 17.8 Å². The third-order valence-electron chi connectivity index (χ3n) is 4.16. The summed E-state index contributed by atoms with van der Waals surface area (Å²) in [6.45, 7) is 2.13. The second kappa shape index (κ2) is 8.30. The Balaban J connectivity index is 1.55. The largest absolute Gasteiger partial charge is 0.394 e. The molecule has 0 aliphatic carbocycles. The highest BCUT2D eigenvalue weighted by molar-refractivity contribution is 7.99. The summed E-state index contributed by atoms with van der Waals surface area (Å²) in [5.41, 5.74) is 1.01. The van der Waals surface area contributed by atoms with Gasteiger partial charge in [0.15, 0.2) is 0 Å². The summed E-state index contributed by atoms with van der Waals surface area (Å²) in [5, 5.41) is 14.4. The second-order valence-corrected chi connectivity index (χ2v) is 6.86. The minimum absolute atomic E-state index is 0.0845. The summed E-state index contributed by atoms with van der Waals surface area (Å²) in [7, 11) is 0. The number of carbonyl (C=O) groups is 1. The molecule has 6 nitrogen and oxygen atoms in total. The van der Waals surface area contributed by atoms with Gasteiger partial charge in [0.25, 0.3) is 0 Å². The fraction of sp³-hybridized carbons (Fsp3) is 0.471. The molecule has 7 heteroatoms. The predicted molar refractivity (Wildman–Crippen MR) is 92.8 cm³/mol. The number of hydrogen-bond acceptors (Lipinski definition) is 5. The molecular formula is C17H22N4O2S. The van der Waals surface area contributed by atoms with E-state index in [-0.39, 0.29) is 18.4 Å². The van der Waals surface area contributed by atoms with E-state index in [4.69, 9.17) is 5.11 Å². The first kappa shape index (κ1) is 17.0. The molecule has 0 saturated carbocycles. The summed E-state index contributed by atoms with van der Waals surface area (Å²) in [5.74, 6) is 0.857. The quantitative estimate of drug-likeness (QED) is 0.807. The maximum Gasteiger partial charge on any atom is 0.233 e. The molecule has 0 spiro atoms. The third kappa shape index (κ3) is 4.36. The van der Waals surface area contributed by atoms with Crippen LogP contribution in [0.2, 0.25) is 0 Å². The minimum Gasteiger partial charge on any atom is -0.394 e. The lowest BCUT2D eigenvalue weighted by atomic mass is 9.95. The van der Waals surface area contributed by atoms with Gasteiger partial charge in [-0.2, -0.15) is 5.10 Å². The molecule has 1 fully saturated rings. The molecule has 3 heterocycles. The monoisotopic (exact) mass is 346 g/mol. The van der Waals surface area contributed by atoms with Crippen molar-refractivity contribution in [3.63, 3.8) is 0 Å². The number of thioether (sulfide) groups is 1. The van der Waals surface area contributed by atoms with Crippen molar-refractivity contribution >= 4 is 17.7 Å². The van der Waals surface area contributed by atoms with E-state index >= 15 is 0 Å². The van der Waals surface area contributed by atoms with Crippen molar-refractivity contribution in [3.8, 4) is 0 Å². The number of piperidine rings is 1. The SMILES string of the molecule is O=C(CSc1ccccn1)N1CCC[C@@H](c2ccn(CCO)n2)C1. The topological polar surface area (TPSA) is 71.2 Å². The normalized spacial score (nSPS) is 17.9. The Bertz CT molecular complexity index is 662. The molecule has 0 aromatic carbocycles. The number of aliphatic hydroxyl groups excluding tert-OH is 1. The average molecular weight is 346 g/mol. The molecule has 0 radical (unpaired) electrons. The van der Waals surface area contributed by atoms with Crippen LogP contribution in [0.4, 0.5) is 0 Å². The van der Waals surface area contributed by atoms with Crippen LogP contribution >= 0.6 is 11.8 Å². The molecule has 128 valence electrons. The maximum atomic E-state index is 12.5. The molecule has 1 saturated heterocycles. The van der Waals surface area contributed by atoms with Crippen LogP contribution in [0, 0.1) is 0 Å². The van der Waals surface area contributed by atoms with Crippen LogP contribution in [0.3, 0.4) is 0 Å². The number of pyridine rings is 1. The predicted octanol–water partition coefficient (Wildman–Crippen LogP) is 1.77. The molecule has 2 aromatic heterocycles. The van der Waals surface area contributed by atoms with E-state index in [1.165, 1.54) is 11.8 Å². The first-order valence-corrected chi connectivity index (χ1v) is 9.20. The zero-order valence-electron chi connectivity index (χ0n) is 13.5. The standard InChI is InChI=1S/C17H22N4O2S/c22-11-10-21-9-6-15(19-21)14-4-3-8-20(12-14)17(23)13-24-16-5-1-2-7-18-16/h1-2,5-7,9,14,22H,3-4,8,10-13H2/t14-/m1/s1. The van der Waals surface area contributed by atoms with Crippen molar-refractivity contribution < 1.29 is 9.90 Å². The molecular weight excluding hydrogens is 324 g/mol. The zero-order chi connectivity index (χ0) is 16.8. The van der Waals surface area contributed by atoms with E-state index in [2.05, 4.69) is 10.1 Å². The Kier molecular flexibility index (Phi) is 5.87. The molecule has 1 atom stereocenters. The van der Waals surface area contributed by atoms with Crippen molar-refractivity contribution in [2.45, 2.75) is 30.3 Å². The molecule has 1 amide bonds. The number of rotatable bonds is 6. The van der Waals surface area contributed by atoms with Crippen LogP contribution in [0.1, 0.15) is 24.5 Å². The molecule has 3 rings (SSSR count). The summed E-state index contributed by atoms with van der Waals surface area (Å²) >= 11 is 1.48. The van der Waals surface area contributed by atoms with Crippen LogP contribution in [-0.2, 0) is 11.3 Å². The number of aliphatic hydroxyl groups is 1. The molecule has 0 unspecified atom stereocenters. The Hall–Kier alpha value is -1.86. The lowest BCUT2D eigenvalue weighted by Gasteiger charge is -2.32. The van der Waals surface area contributed by atoms with Crippen LogP contribution in [0.15, 0.2) is 41.7 Å². The number of amides is 1. The highest BCUT2D eigenvalue weighted by Crippen LogP contribution is 2.26. The van der Waals surface area contributed by atoms with Gasteiger partial charge in [-0.15, -0.1) is 0 Å². The Morgan fingerprint density at radius 1 is 1.38 bits per heavy atom. The molecule has 24 heavy (non-hydrogen) atoms. The minimum atomic E-state index is 0.0845. The number of likely N-dealkylation sites (tertiary alicyclic amines) is 1. The lowest BCUT2D eigenvalue weighted by molar-refractivity contribution is -0.129. The van der Waals surface area contributed by atoms with Gasteiger partial charge in [-0.05, 0) is 31.0 Å². The van der Waals surface area contributed by atoms with Crippen molar-refractivity contribution in [1.29, 1.82) is 0 Å². The summed E-state index contributed by atoms with van der Waals surface area (Å²) in [4.78, 5) is 18.7. The van der Waals surface area contributed by atoms with Gasteiger partial charge >= 0.3 is 0 Å². The Labute approximate surface area is 145 Å². The van der Waals surface area contributed by atoms with Gasteiger partial charge in [0.1, 0.15) is 0 Å². The second-order valence-electron chi connectivity index (χ2n) is 5.86. The van der Waals surface area contributed by atoms with Gasteiger partial charge < -0.3 is 10.0 Å². The van der Waals surface area contributed by atoms with E-state index in [9.17, 15) is 4.79 Å². The van der Waals surface area contributed by atoms with Gasteiger partial charge in [0.2, 0.25) is 5.91 Å². The molecule has 1 aliphatic rings. The van der Waals surface area contributed by atoms with Crippen LogP contribution in [0.5, 0.6) is 0 Å². The molecule has 0 bridgehead atoms. The van der Waals surface area contributed by atoms with E-state index in [0.29, 0.717) is 12.3 Å². The average Bonchev–Trinajstić information content (AvgIpc) is 3.10. The highest BCUT2D eigenvalue weighted by Gasteiger charge is 2.26. The first-order chi connectivity index (χ1) is 11.8. The zero-order valence-corrected chi connectivity index (χ0v) is 14.4. The van der Waals surface area contributed by atoms with Gasteiger partial charge in [-0.3, -0.25) is 9.48 Å². The molecule has 2 aromatic rings. The summed E-state index contributed by atoms with van der Waals surface area (Å²) in [6, 6.07) is 7.72. The maximum absolute atomic E-state index is 12.5. The van der Waals surface area contributed by atoms with Gasteiger partial charge in [-0.25, -0.2) is 4.98 Å². The molecule has 1 N–H and O–H groups in total. The smallest absolute Gasteiger partial charge is 0.233 e. The highest BCUT2D eigenvalue weighted by atomic mass is 32.2. The number of carbonyl (C=O) groups excluding carboxylic acids is 1. The number of hydrogen-bond donors (Lipinski definition) is 1. The van der Waals surface area contributed by atoms with Crippen LogP contribution < -0.4 is 0 Å². The van der Waals surface area contributed by atoms with Crippen LogP contribution in [0.25, 0.3) is 0 Å². The van der Waals surface area contributed by atoms with Crippen molar-refractivity contribution in [2.75, 3.05) is 25.4 Å². The van der Waals surface area contributed by atoms with Crippen molar-refractivity contribution in [3.05, 3.63) is 42.4 Å². The Morgan fingerprint density at radius 2 is 2.29 bits per heavy atom. The van der Waals surface area contributed by atoms with Gasteiger partial charge in [0, 0.05) is 31.4 Å². The van der Waals surface area contributed by atoms with Crippen molar-refractivity contribution in [1.82, 2.24) is 19.7 Å².